The molecule has 0 unspecified atom stereocenters. The zero-order valence-corrected chi connectivity index (χ0v) is 14.9. The molecule has 0 radical (unpaired) electrons. The Bertz CT molecular complexity index is 1120. The second kappa shape index (κ2) is 6.71. The van der Waals surface area contributed by atoms with Crippen molar-refractivity contribution in [2.45, 2.75) is 6.18 Å². The van der Waals surface area contributed by atoms with E-state index in [4.69, 9.17) is 16.1 Å². The van der Waals surface area contributed by atoms with E-state index in [0.717, 1.165) is 6.20 Å². The van der Waals surface area contributed by atoms with Crippen LogP contribution in [-0.2, 0) is 13.2 Å². The van der Waals surface area contributed by atoms with Crippen molar-refractivity contribution in [3.63, 3.8) is 0 Å². The molecule has 1 aromatic carbocycles. The molecule has 0 bridgehead atoms. The van der Waals surface area contributed by atoms with Gasteiger partial charge in [-0.2, -0.15) is 18.2 Å². The summed E-state index contributed by atoms with van der Waals surface area (Å²) in [4.78, 5) is 15.6. The van der Waals surface area contributed by atoms with E-state index < -0.39 is 11.9 Å². The third-order valence-corrected chi connectivity index (χ3v) is 4.06. The summed E-state index contributed by atoms with van der Waals surface area (Å²) < 4.78 is 45.0. The fourth-order valence-corrected chi connectivity index (χ4v) is 2.62. The molecule has 0 saturated heterocycles. The molecule has 0 fully saturated rings. The minimum absolute atomic E-state index is 0.0991. The molecular formula is C17H10ClF3N6O. The maximum atomic E-state index is 12.8. The van der Waals surface area contributed by atoms with E-state index in [1.54, 1.807) is 24.3 Å². The summed E-state index contributed by atoms with van der Waals surface area (Å²) in [5, 5.41) is 4.00. The molecule has 0 spiro atoms. The lowest BCUT2D eigenvalue weighted by Crippen LogP contribution is -2.04. The molecule has 0 saturated carbocycles. The predicted octanol–water partition coefficient (Wildman–Crippen LogP) is 4.27. The average molecular weight is 407 g/mol. The van der Waals surface area contributed by atoms with Crippen LogP contribution in [0.3, 0.4) is 0 Å². The van der Waals surface area contributed by atoms with Gasteiger partial charge in [0.05, 0.1) is 5.56 Å². The van der Waals surface area contributed by atoms with Gasteiger partial charge in [0.2, 0.25) is 11.1 Å². The largest absolute Gasteiger partial charge is 0.434 e. The standard InChI is InChI=1S/C17H10ClF3N6O/c1-27-8-12(17(19,20)21)24-14(27)10-4-2-9(3-5-10)13-25-15(28-26-13)11-6-22-16(18)23-7-11/h2-8H,1H3. The van der Waals surface area contributed by atoms with Gasteiger partial charge in [0.1, 0.15) is 5.82 Å². The molecule has 142 valence electrons. The van der Waals surface area contributed by atoms with Crippen LogP contribution < -0.4 is 0 Å². The molecule has 0 amide bonds. The van der Waals surface area contributed by atoms with E-state index in [0.29, 0.717) is 22.5 Å². The molecule has 3 aromatic heterocycles. The summed E-state index contributed by atoms with van der Waals surface area (Å²) in [5.41, 5.74) is 0.713. The number of rotatable bonds is 3. The lowest BCUT2D eigenvalue weighted by Gasteiger charge is -2.02. The van der Waals surface area contributed by atoms with Gasteiger partial charge in [-0.3, -0.25) is 0 Å². The van der Waals surface area contributed by atoms with Gasteiger partial charge in [-0.25, -0.2) is 15.0 Å². The zero-order valence-electron chi connectivity index (χ0n) is 14.1. The van der Waals surface area contributed by atoms with Crippen LogP contribution >= 0.6 is 11.6 Å². The maximum absolute atomic E-state index is 12.8. The third kappa shape index (κ3) is 3.46. The smallest absolute Gasteiger partial charge is 0.333 e. The Kier molecular flexibility index (Phi) is 4.34. The number of nitrogens with zero attached hydrogens (tertiary/aromatic N) is 6. The van der Waals surface area contributed by atoms with Gasteiger partial charge in [-0.05, 0) is 11.6 Å². The van der Waals surface area contributed by atoms with Crippen molar-refractivity contribution >= 4 is 11.6 Å². The second-order valence-electron chi connectivity index (χ2n) is 5.80. The first-order valence-electron chi connectivity index (χ1n) is 7.84. The lowest BCUT2D eigenvalue weighted by atomic mass is 10.1. The number of benzene rings is 1. The monoisotopic (exact) mass is 406 g/mol. The Morgan fingerprint density at radius 3 is 2.21 bits per heavy atom. The van der Waals surface area contributed by atoms with Gasteiger partial charge >= 0.3 is 6.18 Å². The zero-order chi connectivity index (χ0) is 19.9. The van der Waals surface area contributed by atoms with Gasteiger partial charge in [0.25, 0.3) is 5.89 Å². The number of hydrogen-bond donors (Lipinski definition) is 0. The molecule has 0 aliphatic carbocycles. The molecular weight excluding hydrogens is 397 g/mol. The topological polar surface area (TPSA) is 82.5 Å². The minimum Gasteiger partial charge on any atom is -0.333 e. The Morgan fingerprint density at radius 1 is 0.964 bits per heavy atom. The third-order valence-electron chi connectivity index (χ3n) is 3.86. The van der Waals surface area contributed by atoms with Gasteiger partial charge in [0, 0.05) is 36.8 Å². The minimum atomic E-state index is -4.50. The Hall–Kier alpha value is -3.27. The second-order valence-corrected chi connectivity index (χ2v) is 6.14. The molecule has 0 aliphatic heterocycles. The molecule has 3 heterocycles. The number of alkyl halides is 3. The van der Waals surface area contributed by atoms with Crippen molar-refractivity contribution in [3.8, 4) is 34.2 Å². The summed E-state index contributed by atoms with van der Waals surface area (Å²) in [6.07, 6.45) is -0.644. The van der Waals surface area contributed by atoms with Crippen LogP contribution in [0, 0.1) is 0 Å². The molecule has 4 aromatic rings. The number of imidazole rings is 1. The highest BCUT2D eigenvalue weighted by molar-refractivity contribution is 6.28. The number of aryl methyl sites for hydroxylation is 1. The van der Waals surface area contributed by atoms with E-state index in [1.807, 2.05) is 0 Å². The first-order chi connectivity index (χ1) is 13.3. The fraction of sp³-hybridized carbons (Fsp3) is 0.118. The van der Waals surface area contributed by atoms with Crippen LogP contribution in [0.1, 0.15) is 5.69 Å². The van der Waals surface area contributed by atoms with Crippen molar-refractivity contribution in [2.24, 2.45) is 7.05 Å². The molecule has 4 rings (SSSR count). The van der Waals surface area contributed by atoms with Gasteiger partial charge in [-0.1, -0.05) is 29.4 Å². The van der Waals surface area contributed by atoms with Crippen molar-refractivity contribution in [1.82, 2.24) is 29.7 Å². The predicted molar refractivity (Wildman–Crippen MR) is 93.0 cm³/mol. The quantitative estimate of drug-likeness (QED) is 0.473. The van der Waals surface area contributed by atoms with Crippen LogP contribution in [0.5, 0.6) is 0 Å². The molecule has 0 N–H and O–H groups in total. The van der Waals surface area contributed by atoms with Crippen LogP contribution in [0.25, 0.3) is 34.2 Å². The summed E-state index contributed by atoms with van der Waals surface area (Å²) in [7, 11) is 1.51. The van der Waals surface area contributed by atoms with E-state index in [-0.39, 0.29) is 17.0 Å². The lowest BCUT2D eigenvalue weighted by molar-refractivity contribution is -0.140. The van der Waals surface area contributed by atoms with Crippen LogP contribution in [-0.4, -0.2) is 29.7 Å². The van der Waals surface area contributed by atoms with E-state index >= 15 is 0 Å². The van der Waals surface area contributed by atoms with Crippen LogP contribution in [0.15, 0.2) is 47.4 Å². The first kappa shape index (κ1) is 18.1. The van der Waals surface area contributed by atoms with E-state index in [9.17, 15) is 13.2 Å². The molecule has 0 aliphatic rings. The fourth-order valence-electron chi connectivity index (χ4n) is 2.52. The number of hydrogen-bond acceptors (Lipinski definition) is 6. The van der Waals surface area contributed by atoms with Crippen LogP contribution in [0.2, 0.25) is 5.28 Å². The van der Waals surface area contributed by atoms with Gasteiger partial charge in [-0.15, -0.1) is 0 Å². The van der Waals surface area contributed by atoms with Crippen molar-refractivity contribution in [2.75, 3.05) is 0 Å². The highest BCUT2D eigenvalue weighted by atomic mass is 35.5. The van der Waals surface area contributed by atoms with E-state index in [1.165, 1.54) is 24.0 Å². The summed E-state index contributed by atoms with van der Waals surface area (Å²) in [6, 6.07) is 6.62. The molecule has 28 heavy (non-hydrogen) atoms. The van der Waals surface area contributed by atoms with Crippen LogP contribution in [0.4, 0.5) is 13.2 Å². The van der Waals surface area contributed by atoms with Crippen molar-refractivity contribution in [1.29, 1.82) is 0 Å². The SMILES string of the molecule is Cn1cc(C(F)(F)F)nc1-c1ccc(-c2noc(-c3cnc(Cl)nc3)n2)cc1. The van der Waals surface area contributed by atoms with Gasteiger partial charge < -0.3 is 9.09 Å². The molecule has 0 atom stereocenters. The Labute approximate surface area is 160 Å². The van der Waals surface area contributed by atoms with Gasteiger partial charge in [0.15, 0.2) is 5.69 Å². The van der Waals surface area contributed by atoms with Crippen molar-refractivity contribution in [3.05, 3.63) is 53.8 Å². The maximum Gasteiger partial charge on any atom is 0.434 e. The first-order valence-corrected chi connectivity index (χ1v) is 8.22. The molecule has 11 heteroatoms. The molecule has 7 nitrogen and oxygen atoms in total. The number of halogens is 4. The summed E-state index contributed by atoms with van der Waals surface area (Å²) in [5.74, 6) is 0.730. The normalized spacial score (nSPS) is 11.8. The summed E-state index contributed by atoms with van der Waals surface area (Å²) in [6.45, 7) is 0. The number of aromatic nitrogens is 6. The Morgan fingerprint density at radius 2 is 1.61 bits per heavy atom. The highest BCUT2D eigenvalue weighted by Crippen LogP contribution is 2.31. The highest BCUT2D eigenvalue weighted by Gasteiger charge is 2.34. The summed E-state index contributed by atoms with van der Waals surface area (Å²) >= 11 is 5.65. The average Bonchev–Trinajstić information content (AvgIpc) is 3.29. The van der Waals surface area contributed by atoms with Crippen molar-refractivity contribution < 1.29 is 17.7 Å². The van der Waals surface area contributed by atoms with E-state index in [2.05, 4.69) is 25.1 Å². The Balaban J connectivity index is 1.61.